The number of nitriles is 1. The van der Waals surface area contributed by atoms with E-state index in [4.69, 9.17) is 5.26 Å². The van der Waals surface area contributed by atoms with Crippen LogP contribution >= 0.6 is 0 Å². The predicted octanol–water partition coefficient (Wildman–Crippen LogP) is 3.69. The maximum absolute atomic E-state index is 12.4. The fourth-order valence-electron chi connectivity index (χ4n) is 4.33. The van der Waals surface area contributed by atoms with Gasteiger partial charge in [-0.15, -0.1) is 10.2 Å². The molecule has 1 saturated heterocycles. The highest BCUT2D eigenvalue weighted by atomic mass is 16.2. The Kier molecular flexibility index (Phi) is 5.79. The SMILES string of the molecule is Cn1nccc1-c1nnc(N2CCC(NC(=O)Nc3ccc(C#N)cc3)CC2)c2ccccc12. The molecule has 1 aliphatic rings. The Bertz CT molecular complexity index is 1360. The fourth-order valence-corrected chi connectivity index (χ4v) is 4.33. The number of carbonyl (C=O) groups excluding carboxylic acids is 1. The van der Waals surface area contributed by atoms with E-state index in [1.54, 1.807) is 35.1 Å². The second-order valence-corrected chi connectivity index (χ2v) is 8.31. The van der Waals surface area contributed by atoms with Gasteiger partial charge >= 0.3 is 6.03 Å². The molecule has 1 fully saturated rings. The molecule has 170 valence electrons. The Labute approximate surface area is 197 Å². The van der Waals surface area contributed by atoms with Crippen molar-refractivity contribution in [2.24, 2.45) is 7.05 Å². The summed E-state index contributed by atoms with van der Waals surface area (Å²) in [5.74, 6) is 0.863. The molecule has 5 rings (SSSR count). The number of fused-ring (bicyclic) bond motifs is 1. The maximum atomic E-state index is 12.4. The molecule has 0 radical (unpaired) electrons. The molecule has 2 aromatic heterocycles. The van der Waals surface area contributed by atoms with E-state index in [0.717, 1.165) is 53.9 Å². The number of anilines is 2. The van der Waals surface area contributed by atoms with Crippen molar-refractivity contribution in [3.63, 3.8) is 0 Å². The topological polar surface area (TPSA) is 112 Å². The molecule has 0 unspecified atom stereocenters. The van der Waals surface area contributed by atoms with E-state index in [0.29, 0.717) is 11.3 Å². The lowest BCUT2D eigenvalue weighted by Gasteiger charge is -2.33. The Morgan fingerprint density at radius 1 is 1.03 bits per heavy atom. The van der Waals surface area contributed by atoms with Gasteiger partial charge in [0.25, 0.3) is 0 Å². The Morgan fingerprint density at radius 3 is 2.44 bits per heavy atom. The van der Waals surface area contributed by atoms with E-state index in [1.807, 2.05) is 25.2 Å². The first-order chi connectivity index (χ1) is 16.6. The van der Waals surface area contributed by atoms with Crippen molar-refractivity contribution in [1.82, 2.24) is 25.3 Å². The number of amides is 2. The van der Waals surface area contributed by atoms with Gasteiger partial charge in [0.1, 0.15) is 5.69 Å². The zero-order chi connectivity index (χ0) is 23.5. The van der Waals surface area contributed by atoms with Crippen LogP contribution in [0.15, 0.2) is 60.8 Å². The third kappa shape index (κ3) is 4.26. The minimum Gasteiger partial charge on any atom is -0.354 e. The van der Waals surface area contributed by atoms with Crippen molar-refractivity contribution >= 4 is 28.3 Å². The van der Waals surface area contributed by atoms with Crippen LogP contribution in [0.2, 0.25) is 0 Å². The van der Waals surface area contributed by atoms with Gasteiger partial charge in [0.05, 0.1) is 17.3 Å². The van der Waals surface area contributed by atoms with Gasteiger partial charge in [-0.3, -0.25) is 4.68 Å². The smallest absolute Gasteiger partial charge is 0.319 e. The number of hydrogen-bond acceptors (Lipinski definition) is 6. The summed E-state index contributed by atoms with van der Waals surface area (Å²) >= 11 is 0. The van der Waals surface area contributed by atoms with Gasteiger partial charge in [-0.2, -0.15) is 10.4 Å². The lowest BCUT2D eigenvalue weighted by molar-refractivity contribution is 0.246. The number of nitrogens with one attached hydrogen (secondary N) is 2. The van der Waals surface area contributed by atoms with Crippen molar-refractivity contribution < 1.29 is 4.79 Å². The van der Waals surface area contributed by atoms with Crippen LogP contribution < -0.4 is 15.5 Å². The number of rotatable bonds is 4. The zero-order valence-corrected chi connectivity index (χ0v) is 18.8. The van der Waals surface area contributed by atoms with Gasteiger partial charge in [-0.05, 0) is 43.2 Å². The van der Waals surface area contributed by atoms with Gasteiger partial charge in [-0.25, -0.2) is 4.79 Å². The summed E-state index contributed by atoms with van der Waals surface area (Å²) in [6.07, 6.45) is 3.37. The highest BCUT2D eigenvalue weighted by molar-refractivity contribution is 5.99. The number of carbonyl (C=O) groups is 1. The molecule has 9 heteroatoms. The highest BCUT2D eigenvalue weighted by Crippen LogP contribution is 2.32. The largest absolute Gasteiger partial charge is 0.354 e. The summed E-state index contributed by atoms with van der Waals surface area (Å²) in [7, 11) is 1.90. The standard InChI is InChI=1S/C25H24N8O/c1-32-22(10-13-27-32)23-20-4-2-3-5-21(20)24(31-30-23)33-14-11-19(12-15-33)29-25(34)28-18-8-6-17(16-26)7-9-18/h2-10,13,19H,11-12,14-15H2,1H3,(H2,28,29,34). The molecule has 4 aromatic rings. The average molecular weight is 453 g/mol. The molecule has 2 amide bonds. The number of aromatic nitrogens is 4. The summed E-state index contributed by atoms with van der Waals surface area (Å²) in [6.45, 7) is 1.54. The minimum absolute atomic E-state index is 0.0718. The minimum atomic E-state index is -0.242. The molecule has 0 saturated carbocycles. The van der Waals surface area contributed by atoms with Gasteiger partial charge < -0.3 is 15.5 Å². The number of piperidine rings is 1. The van der Waals surface area contributed by atoms with Gasteiger partial charge in [0.2, 0.25) is 0 Å². The van der Waals surface area contributed by atoms with Crippen LogP contribution in [0.5, 0.6) is 0 Å². The highest BCUT2D eigenvalue weighted by Gasteiger charge is 2.24. The van der Waals surface area contributed by atoms with Crippen LogP contribution in [0.3, 0.4) is 0 Å². The van der Waals surface area contributed by atoms with Crippen LogP contribution in [0, 0.1) is 11.3 Å². The molecule has 9 nitrogen and oxygen atoms in total. The van der Waals surface area contributed by atoms with Gasteiger partial charge in [-0.1, -0.05) is 24.3 Å². The van der Waals surface area contributed by atoms with E-state index in [-0.39, 0.29) is 12.1 Å². The van der Waals surface area contributed by atoms with Crippen LogP contribution in [-0.4, -0.2) is 45.1 Å². The third-order valence-corrected chi connectivity index (χ3v) is 6.13. The molecule has 0 aliphatic carbocycles. The maximum Gasteiger partial charge on any atom is 0.319 e. The third-order valence-electron chi connectivity index (χ3n) is 6.13. The Hall–Kier alpha value is -4.45. The molecule has 0 bridgehead atoms. The molecule has 1 aliphatic heterocycles. The number of aryl methyl sites for hydroxylation is 1. The van der Waals surface area contributed by atoms with Gasteiger partial charge in [0.15, 0.2) is 5.82 Å². The summed E-state index contributed by atoms with van der Waals surface area (Å²) in [5.41, 5.74) is 2.95. The number of hydrogen-bond donors (Lipinski definition) is 2. The molecule has 2 N–H and O–H groups in total. The molecule has 34 heavy (non-hydrogen) atoms. The Balaban J connectivity index is 1.26. The molecule has 0 atom stereocenters. The Morgan fingerprint density at radius 2 is 1.76 bits per heavy atom. The van der Waals surface area contributed by atoms with Crippen LogP contribution in [-0.2, 0) is 7.05 Å². The van der Waals surface area contributed by atoms with Crippen LogP contribution in [0.1, 0.15) is 18.4 Å². The normalized spacial score (nSPS) is 14.1. The first-order valence-electron chi connectivity index (χ1n) is 11.2. The van der Waals surface area contributed by atoms with Crippen molar-refractivity contribution in [3.8, 4) is 17.5 Å². The second kappa shape index (κ2) is 9.19. The molecular formula is C25H24N8O. The lowest BCUT2D eigenvalue weighted by Crippen LogP contribution is -2.46. The molecular weight excluding hydrogens is 428 g/mol. The summed E-state index contributed by atoms with van der Waals surface area (Å²) in [4.78, 5) is 14.6. The van der Waals surface area contributed by atoms with Crippen molar-refractivity contribution in [1.29, 1.82) is 5.26 Å². The number of urea groups is 1. The van der Waals surface area contributed by atoms with Crippen molar-refractivity contribution in [3.05, 3.63) is 66.4 Å². The first kappa shape index (κ1) is 21.4. The first-order valence-corrected chi connectivity index (χ1v) is 11.2. The van der Waals surface area contributed by atoms with E-state index in [1.165, 1.54) is 0 Å². The van der Waals surface area contributed by atoms with E-state index < -0.39 is 0 Å². The van der Waals surface area contributed by atoms with Crippen LogP contribution in [0.4, 0.5) is 16.3 Å². The van der Waals surface area contributed by atoms with E-state index in [9.17, 15) is 4.79 Å². The monoisotopic (exact) mass is 452 g/mol. The predicted molar refractivity (Wildman–Crippen MR) is 130 cm³/mol. The quantitative estimate of drug-likeness (QED) is 0.488. The summed E-state index contributed by atoms with van der Waals surface area (Å²) < 4.78 is 1.80. The van der Waals surface area contributed by atoms with Crippen LogP contribution in [0.25, 0.3) is 22.2 Å². The average Bonchev–Trinajstić information content (AvgIpc) is 3.30. The van der Waals surface area contributed by atoms with Crippen molar-refractivity contribution in [2.45, 2.75) is 18.9 Å². The lowest BCUT2D eigenvalue weighted by atomic mass is 10.0. The number of benzene rings is 2. The van der Waals surface area contributed by atoms with Crippen molar-refractivity contribution in [2.75, 3.05) is 23.3 Å². The van der Waals surface area contributed by atoms with E-state index in [2.05, 4.69) is 49.0 Å². The summed E-state index contributed by atoms with van der Waals surface area (Å²) in [6, 6.07) is 18.8. The van der Waals surface area contributed by atoms with E-state index >= 15 is 0 Å². The fraction of sp³-hybridized carbons (Fsp3) is 0.240. The molecule has 0 spiro atoms. The second-order valence-electron chi connectivity index (χ2n) is 8.31. The summed E-state index contributed by atoms with van der Waals surface area (Å²) in [5, 5.41) is 30.3. The molecule has 2 aromatic carbocycles. The molecule has 3 heterocycles. The number of nitrogens with zero attached hydrogens (tertiary/aromatic N) is 6. The van der Waals surface area contributed by atoms with Gasteiger partial charge in [0, 0.05) is 48.8 Å². The zero-order valence-electron chi connectivity index (χ0n) is 18.8.